The van der Waals surface area contributed by atoms with Gasteiger partial charge in [0.2, 0.25) is 15.9 Å². The number of benzene rings is 1. The molecular weight excluding hydrogens is 356 g/mol. The smallest absolute Gasteiger partial charge is 0.242 e. The number of hydrogen-bond acceptors (Lipinski definition) is 3. The van der Waals surface area contributed by atoms with Crippen LogP contribution in [0.4, 0.5) is 0 Å². The molecule has 0 fully saturated rings. The molecule has 0 unspecified atom stereocenters. The molecule has 0 aliphatic rings. The predicted octanol–water partition coefficient (Wildman–Crippen LogP) is 2.04. The first kappa shape index (κ1) is 16.4. The van der Waals surface area contributed by atoms with Crippen LogP contribution in [-0.2, 0) is 14.8 Å². The highest BCUT2D eigenvalue weighted by atomic mass is 79.9. The Morgan fingerprint density at radius 2 is 2.05 bits per heavy atom. The molecule has 1 aromatic carbocycles. The van der Waals surface area contributed by atoms with Crippen LogP contribution >= 0.6 is 27.5 Å². The fraction of sp³-hybridized carbons (Fsp3) is 0.364. The fourth-order valence-corrected chi connectivity index (χ4v) is 3.51. The maximum atomic E-state index is 12.0. The van der Waals surface area contributed by atoms with E-state index in [0.717, 1.165) is 0 Å². The summed E-state index contributed by atoms with van der Waals surface area (Å²) in [5, 5.41) is 0.152. The van der Waals surface area contributed by atoms with Gasteiger partial charge >= 0.3 is 0 Å². The summed E-state index contributed by atoms with van der Waals surface area (Å²) in [6, 6.07) is 4.55. The van der Waals surface area contributed by atoms with E-state index >= 15 is 0 Å². The monoisotopic (exact) mass is 368 g/mol. The number of primary amides is 1. The van der Waals surface area contributed by atoms with E-state index in [1.54, 1.807) is 6.07 Å². The van der Waals surface area contributed by atoms with Gasteiger partial charge in [-0.05, 0) is 31.0 Å². The second kappa shape index (κ2) is 7.23. The first-order valence-corrected chi connectivity index (χ1v) is 8.21. The van der Waals surface area contributed by atoms with Crippen LogP contribution in [0.25, 0.3) is 0 Å². The van der Waals surface area contributed by atoms with Gasteiger partial charge in [0.05, 0.1) is 5.02 Å². The number of unbranched alkanes of at least 4 members (excludes halogenated alkanes) is 1. The molecule has 106 valence electrons. The summed E-state index contributed by atoms with van der Waals surface area (Å²) in [6.45, 7) is 0.238. The number of rotatable bonds is 7. The maximum absolute atomic E-state index is 12.0. The molecule has 1 aromatic rings. The average Bonchev–Trinajstić information content (AvgIpc) is 2.27. The van der Waals surface area contributed by atoms with Crippen LogP contribution in [0.5, 0.6) is 0 Å². The molecule has 8 heteroatoms. The van der Waals surface area contributed by atoms with Gasteiger partial charge in [-0.2, -0.15) is 0 Å². The van der Waals surface area contributed by atoms with Crippen LogP contribution < -0.4 is 10.5 Å². The number of sulfonamides is 1. The zero-order chi connectivity index (χ0) is 14.5. The molecule has 0 radical (unpaired) electrons. The normalized spacial score (nSPS) is 11.5. The summed E-state index contributed by atoms with van der Waals surface area (Å²) < 4.78 is 27.1. The summed E-state index contributed by atoms with van der Waals surface area (Å²) in [5.74, 6) is -0.390. The largest absolute Gasteiger partial charge is 0.370 e. The second-order valence-electron chi connectivity index (χ2n) is 3.90. The quantitative estimate of drug-likeness (QED) is 0.721. The predicted molar refractivity (Wildman–Crippen MR) is 77.4 cm³/mol. The number of hydrogen-bond donors (Lipinski definition) is 2. The lowest BCUT2D eigenvalue weighted by Gasteiger charge is -2.08. The van der Waals surface area contributed by atoms with Crippen molar-refractivity contribution in [3.05, 3.63) is 27.7 Å². The summed E-state index contributed by atoms with van der Waals surface area (Å²) >= 11 is 9.09. The fourth-order valence-electron chi connectivity index (χ4n) is 1.40. The zero-order valence-corrected chi connectivity index (χ0v) is 13.2. The molecular formula is C11H14BrClN2O3S. The number of nitrogens with two attached hydrogens (primary N) is 1. The molecule has 1 rings (SSSR count). The van der Waals surface area contributed by atoms with Gasteiger partial charge in [0.1, 0.15) is 4.90 Å². The Hall–Kier alpha value is -0.630. The number of halogens is 2. The Labute approximate surface area is 125 Å². The lowest BCUT2D eigenvalue weighted by atomic mass is 10.2. The van der Waals surface area contributed by atoms with Crippen molar-refractivity contribution < 1.29 is 13.2 Å². The van der Waals surface area contributed by atoms with Crippen LogP contribution in [0.1, 0.15) is 19.3 Å². The number of carbonyl (C=O) groups excluding carboxylic acids is 1. The molecule has 0 aromatic heterocycles. The molecule has 0 bridgehead atoms. The molecule has 0 saturated heterocycles. The first-order valence-electron chi connectivity index (χ1n) is 5.56. The lowest BCUT2D eigenvalue weighted by molar-refractivity contribution is -0.118. The Bertz CT molecular complexity index is 563. The van der Waals surface area contributed by atoms with E-state index in [0.29, 0.717) is 17.3 Å². The highest BCUT2D eigenvalue weighted by Crippen LogP contribution is 2.24. The number of amides is 1. The van der Waals surface area contributed by atoms with E-state index in [1.807, 2.05) is 0 Å². The van der Waals surface area contributed by atoms with Gasteiger partial charge in [-0.3, -0.25) is 4.79 Å². The standard InChI is InChI=1S/C11H14BrClN2O3S/c12-8-4-5-10(9(13)7-8)19(17,18)15-6-2-1-3-11(14)16/h4-5,7,15H,1-3,6H2,(H2,14,16). The van der Waals surface area contributed by atoms with Crippen LogP contribution in [0, 0.1) is 0 Å². The van der Waals surface area contributed by atoms with Gasteiger partial charge in [-0.15, -0.1) is 0 Å². The van der Waals surface area contributed by atoms with Gasteiger partial charge in [0.15, 0.2) is 0 Å². The number of nitrogens with one attached hydrogen (secondary N) is 1. The van der Waals surface area contributed by atoms with E-state index in [4.69, 9.17) is 17.3 Å². The molecule has 0 aliphatic heterocycles. The van der Waals surface area contributed by atoms with E-state index in [-0.39, 0.29) is 28.8 Å². The Balaban J connectivity index is 2.59. The van der Waals surface area contributed by atoms with E-state index < -0.39 is 10.0 Å². The minimum absolute atomic E-state index is 0.0345. The third-order valence-corrected chi connectivity index (χ3v) is 4.76. The van der Waals surface area contributed by atoms with Crippen molar-refractivity contribution in [2.24, 2.45) is 5.73 Å². The van der Waals surface area contributed by atoms with Gasteiger partial charge in [-0.25, -0.2) is 13.1 Å². The Kier molecular flexibility index (Phi) is 6.25. The van der Waals surface area contributed by atoms with Crippen molar-refractivity contribution in [3.63, 3.8) is 0 Å². The van der Waals surface area contributed by atoms with E-state index in [2.05, 4.69) is 20.7 Å². The van der Waals surface area contributed by atoms with Crippen LogP contribution in [0.15, 0.2) is 27.6 Å². The van der Waals surface area contributed by atoms with Crippen LogP contribution in [0.3, 0.4) is 0 Å². The molecule has 0 spiro atoms. The van der Waals surface area contributed by atoms with Gasteiger partial charge in [-0.1, -0.05) is 27.5 Å². The van der Waals surface area contributed by atoms with Crippen LogP contribution in [-0.4, -0.2) is 20.9 Å². The highest BCUT2D eigenvalue weighted by Gasteiger charge is 2.17. The SMILES string of the molecule is NC(=O)CCCCNS(=O)(=O)c1ccc(Br)cc1Cl. The maximum Gasteiger partial charge on any atom is 0.242 e. The van der Waals surface area contributed by atoms with E-state index in [9.17, 15) is 13.2 Å². The van der Waals surface area contributed by atoms with Crippen molar-refractivity contribution in [1.29, 1.82) is 0 Å². The number of carbonyl (C=O) groups is 1. The van der Waals surface area contributed by atoms with E-state index in [1.165, 1.54) is 12.1 Å². The van der Waals surface area contributed by atoms with Crippen molar-refractivity contribution >= 4 is 43.5 Å². The third kappa shape index (κ3) is 5.48. The summed E-state index contributed by atoms with van der Waals surface area (Å²) in [5.41, 5.74) is 4.99. The van der Waals surface area contributed by atoms with Gasteiger partial charge in [0.25, 0.3) is 0 Å². The average molecular weight is 370 g/mol. The minimum atomic E-state index is -3.63. The molecule has 0 saturated carbocycles. The highest BCUT2D eigenvalue weighted by molar-refractivity contribution is 9.10. The van der Waals surface area contributed by atoms with Crippen molar-refractivity contribution in [2.75, 3.05) is 6.54 Å². The van der Waals surface area contributed by atoms with Crippen molar-refractivity contribution in [3.8, 4) is 0 Å². The molecule has 1 amide bonds. The Morgan fingerprint density at radius 1 is 1.37 bits per heavy atom. The third-order valence-electron chi connectivity index (χ3n) is 2.33. The molecule has 0 heterocycles. The van der Waals surface area contributed by atoms with Crippen molar-refractivity contribution in [1.82, 2.24) is 4.72 Å². The van der Waals surface area contributed by atoms with Crippen LogP contribution in [0.2, 0.25) is 5.02 Å². The van der Waals surface area contributed by atoms with Gasteiger partial charge in [0, 0.05) is 17.4 Å². The minimum Gasteiger partial charge on any atom is -0.370 e. The summed E-state index contributed by atoms with van der Waals surface area (Å²) in [4.78, 5) is 10.6. The van der Waals surface area contributed by atoms with Gasteiger partial charge < -0.3 is 5.73 Å². The molecule has 3 N–H and O–H groups in total. The molecule has 0 atom stereocenters. The molecule has 0 aliphatic carbocycles. The molecule has 5 nitrogen and oxygen atoms in total. The lowest BCUT2D eigenvalue weighted by Crippen LogP contribution is -2.25. The van der Waals surface area contributed by atoms with Crippen molar-refractivity contribution in [2.45, 2.75) is 24.2 Å². The first-order chi connectivity index (χ1) is 8.83. The Morgan fingerprint density at radius 3 is 2.63 bits per heavy atom. The summed E-state index contributed by atoms with van der Waals surface area (Å²) in [6.07, 6.45) is 1.34. The molecule has 19 heavy (non-hydrogen) atoms. The zero-order valence-electron chi connectivity index (χ0n) is 10.0. The summed E-state index contributed by atoms with van der Waals surface area (Å²) in [7, 11) is -3.63. The topological polar surface area (TPSA) is 89.3 Å². The second-order valence-corrected chi connectivity index (χ2v) is 6.95.